The van der Waals surface area contributed by atoms with Gasteiger partial charge in [0.25, 0.3) is 0 Å². The van der Waals surface area contributed by atoms with Gasteiger partial charge in [-0.3, -0.25) is 10.1 Å². The lowest BCUT2D eigenvalue weighted by molar-refractivity contribution is -0.131. The molecule has 3 rings (SSSR count). The molecule has 2 aliphatic carbocycles. The van der Waals surface area contributed by atoms with Gasteiger partial charge in [-0.1, -0.05) is 39.5 Å². The van der Waals surface area contributed by atoms with Crippen molar-refractivity contribution in [1.82, 2.24) is 10.2 Å². The molecular weight excluding hydrogens is 248 g/mol. The van der Waals surface area contributed by atoms with Crippen LogP contribution >= 0.6 is 0 Å². The van der Waals surface area contributed by atoms with Crippen LogP contribution in [0.4, 0.5) is 0 Å². The lowest BCUT2D eigenvalue weighted by atomic mass is 10.0. The molecule has 0 aromatic rings. The highest BCUT2D eigenvalue weighted by Gasteiger charge is 2.58. The Morgan fingerprint density at radius 1 is 1.30 bits per heavy atom. The summed E-state index contributed by atoms with van der Waals surface area (Å²) in [6.45, 7) is 5.48. The first-order valence-electron chi connectivity index (χ1n) is 8.69. The molecule has 0 bridgehead atoms. The first-order chi connectivity index (χ1) is 9.61. The van der Waals surface area contributed by atoms with E-state index in [1.165, 1.54) is 38.5 Å². The highest BCUT2D eigenvalue weighted by atomic mass is 16.2. The highest BCUT2D eigenvalue weighted by molar-refractivity contribution is 5.91. The smallest absolute Gasteiger partial charge is 0.244 e. The molecule has 0 radical (unpaired) electrons. The molecule has 0 aromatic heterocycles. The number of carbonyl (C=O) groups is 1. The van der Waals surface area contributed by atoms with Crippen LogP contribution in [0, 0.1) is 11.8 Å². The number of rotatable bonds is 6. The summed E-state index contributed by atoms with van der Waals surface area (Å²) < 4.78 is 0. The minimum Gasteiger partial charge on any atom is -0.326 e. The van der Waals surface area contributed by atoms with Crippen LogP contribution in [0.2, 0.25) is 0 Å². The van der Waals surface area contributed by atoms with Crippen molar-refractivity contribution in [3.63, 3.8) is 0 Å². The Balaban J connectivity index is 1.52. The maximum atomic E-state index is 12.6. The summed E-state index contributed by atoms with van der Waals surface area (Å²) in [5, 5.41) is 3.63. The Kier molecular flexibility index (Phi) is 4.07. The molecule has 1 spiro atoms. The third-order valence-electron chi connectivity index (χ3n) is 5.42. The van der Waals surface area contributed by atoms with Crippen molar-refractivity contribution in [2.24, 2.45) is 11.8 Å². The molecule has 3 aliphatic rings. The van der Waals surface area contributed by atoms with Crippen LogP contribution in [-0.2, 0) is 4.79 Å². The summed E-state index contributed by atoms with van der Waals surface area (Å²) >= 11 is 0. The fourth-order valence-electron chi connectivity index (χ4n) is 4.10. The van der Waals surface area contributed by atoms with E-state index < -0.39 is 0 Å². The Labute approximate surface area is 123 Å². The Morgan fingerprint density at radius 2 is 2.00 bits per heavy atom. The van der Waals surface area contributed by atoms with Gasteiger partial charge in [0, 0.05) is 6.54 Å². The maximum Gasteiger partial charge on any atom is 0.244 e. The van der Waals surface area contributed by atoms with Crippen LogP contribution in [0.15, 0.2) is 0 Å². The van der Waals surface area contributed by atoms with Crippen molar-refractivity contribution in [3.8, 4) is 0 Å². The second-order valence-corrected chi connectivity index (χ2v) is 7.66. The fraction of sp³-hybridized carbons (Fsp3) is 0.941. The van der Waals surface area contributed by atoms with Crippen LogP contribution < -0.4 is 5.32 Å². The minimum absolute atomic E-state index is 0.132. The van der Waals surface area contributed by atoms with Crippen LogP contribution in [0.3, 0.4) is 0 Å². The van der Waals surface area contributed by atoms with E-state index in [4.69, 9.17) is 0 Å². The van der Waals surface area contributed by atoms with Gasteiger partial charge in [-0.25, -0.2) is 0 Å². The van der Waals surface area contributed by atoms with Gasteiger partial charge in [-0.05, 0) is 43.9 Å². The molecule has 3 nitrogen and oxygen atoms in total. The van der Waals surface area contributed by atoms with Crippen molar-refractivity contribution in [2.75, 3.05) is 6.54 Å². The molecule has 1 atom stereocenters. The minimum atomic E-state index is -0.132. The summed E-state index contributed by atoms with van der Waals surface area (Å²) in [5.74, 6) is 1.99. The first-order valence-corrected chi connectivity index (χ1v) is 8.69. The summed E-state index contributed by atoms with van der Waals surface area (Å²) in [4.78, 5) is 14.7. The largest absolute Gasteiger partial charge is 0.326 e. The third-order valence-corrected chi connectivity index (χ3v) is 5.42. The Morgan fingerprint density at radius 3 is 2.60 bits per heavy atom. The van der Waals surface area contributed by atoms with Crippen molar-refractivity contribution in [3.05, 3.63) is 0 Å². The summed E-state index contributed by atoms with van der Waals surface area (Å²) in [6, 6.07) is 0. The molecule has 2 saturated carbocycles. The highest BCUT2D eigenvalue weighted by Crippen LogP contribution is 2.43. The second-order valence-electron chi connectivity index (χ2n) is 7.66. The predicted molar refractivity (Wildman–Crippen MR) is 81.2 cm³/mol. The van der Waals surface area contributed by atoms with Crippen LogP contribution in [0.5, 0.6) is 0 Å². The topological polar surface area (TPSA) is 32.3 Å². The summed E-state index contributed by atoms with van der Waals surface area (Å²) in [7, 11) is 0. The average Bonchev–Trinajstić information content (AvgIpc) is 2.90. The van der Waals surface area contributed by atoms with Gasteiger partial charge >= 0.3 is 0 Å². The zero-order chi connectivity index (χ0) is 14.2. The lowest BCUT2D eigenvalue weighted by Crippen LogP contribution is -2.39. The SMILES string of the molecule is CC(C)CC1NC2(CC2)C(=O)N1CCCC1CCCC1. The van der Waals surface area contributed by atoms with Gasteiger partial charge < -0.3 is 4.90 Å². The van der Waals surface area contributed by atoms with Gasteiger partial charge in [0.05, 0.1) is 11.7 Å². The number of amides is 1. The van der Waals surface area contributed by atoms with E-state index in [9.17, 15) is 4.79 Å². The van der Waals surface area contributed by atoms with E-state index in [1.807, 2.05) is 0 Å². The van der Waals surface area contributed by atoms with Crippen molar-refractivity contribution in [2.45, 2.75) is 83.3 Å². The molecular formula is C17H30N2O. The summed E-state index contributed by atoms with van der Waals surface area (Å²) in [6.07, 6.45) is 11.7. The number of nitrogens with one attached hydrogen (secondary N) is 1. The lowest BCUT2D eigenvalue weighted by Gasteiger charge is -2.26. The quantitative estimate of drug-likeness (QED) is 0.808. The monoisotopic (exact) mass is 278 g/mol. The standard InChI is InChI=1S/C17H30N2O/c1-13(2)12-15-18-17(9-10-17)16(20)19(15)11-5-8-14-6-3-4-7-14/h13-15,18H,3-12H2,1-2H3. The molecule has 1 heterocycles. The van der Waals surface area contributed by atoms with Crippen LogP contribution in [0.1, 0.15) is 71.6 Å². The Hall–Kier alpha value is -0.570. The van der Waals surface area contributed by atoms with Gasteiger partial charge in [-0.2, -0.15) is 0 Å². The zero-order valence-corrected chi connectivity index (χ0v) is 13.2. The normalized spacial score (nSPS) is 29.1. The van der Waals surface area contributed by atoms with Gasteiger partial charge in [-0.15, -0.1) is 0 Å². The maximum absolute atomic E-state index is 12.6. The van der Waals surface area contributed by atoms with E-state index in [0.29, 0.717) is 18.0 Å². The number of carbonyl (C=O) groups excluding carboxylic acids is 1. The molecule has 3 heteroatoms. The van der Waals surface area contributed by atoms with Gasteiger partial charge in [0.2, 0.25) is 5.91 Å². The molecule has 3 fully saturated rings. The van der Waals surface area contributed by atoms with Gasteiger partial charge in [0.1, 0.15) is 0 Å². The molecule has 1 aliphatic heterocycles. The van der Waals surface area contributed by atoms with Crippen molar-refractivity contribution >= 4 is 5.91 Å². The molecule has 114 valence electrons. The van der Waals surface area contributed by atoms with E-state index >= 15 is 0 Å². The fourth-order valence-corrected chi connectivity index (χ4v) is 4.10. The average molecular weight is 278 g/mol. The van der Waals surface area contributed by atoms with Crippen molar-refractivity contribution < 1.29 is 4.79 Å². The zero-order valence-electron chi connectivity index (χ0n) is 13.2. The molecule has 1 N–H and O–H groups in total. The van der Waals surface area contributed by atoms with Crippen molar-refractivity contribution in [1.29, 1.82) is 0 Å². The number of nitrogens with zero attached hydrogens (tertiary/aromatic N) is 1. The van der Waals surface area contributed by atoms with E-state index in [2.05, 4.69) is 24.1 Å². The molecule has 1 amide bonds. The van der Waals surface area contributed by atoms with E-state index in [-0.39, 0.29) is 5.54 Å². The number of hydrogen-bond donors (Lipinski definition) is 1. The number of hydrogen-bond acceptors (Lipinski definition) is 2. The predicted octanol–water partition coefficient (Wildman–Crippen LogP) is 3.29. The molecule has 1 unspecified atom stereocenters. The summed E-state index contributed by atoms with van der Waals surface area (Å²) in [5.41, 5.74) is -0.132. The Bertz CT molecular complexity index is 356. The van der Waals surface area contributed by atoms with E-state index in [0.717, 1.165) is 31.7 Å². The molecule has 1 saturated heterocycles. The van der Waals surface area contributed by atoms with Crippen LogP contribution in [0.25, 0.3) is 0 Å². The third kappa shape index (κ3) is 2.88. The van der Waals surface area contributed by atoms with Crippen LogP contribution in [-0.4, -0.2) is 29.1 Å². The second kappa shape index (κ2) is 5.67. The first kappa shape index (κ1) is 14.4. The molecule has 20 heavy (non-hydrogen) atoms. The van der Waals surface area contributed by atoms with E-state index in [1.54, 1.807) is 0 Å². The molecule has 0 aromatic carbocycles. The van der Waals surface area contributed by atoms with Gasteiger partial charge in [0.15, 0.2) is 0 Å².